The molecule has 30 heavy (non-hydrogen) atoms. The van der Waals surface area contributed by atoms with Gasteiger partial charge < -0.3 is 0 Å². The molecule has 7 nitrogen and oxygen atoms in total. The van der Waals surface area contributed by atoms with Crippen LogP contribution in [0.3, 0.4) is 0 Å². The zero-order valence-electron chi connectivity index (χ0n) is 16.4. The number of carbonyl (C=O) groups is 1. The summed E-state index contributed by atoms with van der Waals surface area (Å²) < 4.78 is 27.8. The first-order valence-corrected chi connectivity index (χ1v) is 11.9. The average Bonchev–Trinajstić information content (AvgIpc) is 2.73. The molecule has 10 heteroatoms. The first kappa shape index (κ1) is 22.9. The second-order valence-corrected chi connectivity index (χ2v) is 10.2. The van der Waals surface area contributed by atoms with E-state index >= 15 is 0 Å². The molecule has 0 aliphatic carbocycles. The van der Waals surface area contributed by atoms with Crippen molar-refractivity contribution in [2.45, 2.75) is 11.8 Å². The number of carbonyl (C=O) groups excluding carboxylic acids is 1. The summed E-state index contributed by atoms with van der Waals surface area (Å²) in [4.78, 5) is 14.4. The summed E-state index contributed by atoms with van der Waals surface area (Å²) in [7, 11) is -3.53. The van der Waals surface area contributed by atoms with Gasteiger partial charge in [0.25, 0.3) is 5.91 Å². The maximum absolute atomic E-state index is 12.7. The lowest BCUT2D eigenvalue weighted by molar-refractivity contribution is -0.122. The maximum Gasteiger partial charge on any atom is 0.254 e. The lowest BCUT2D eigenvalue weighted by Crippen LogP contribution is -2.50. The molecule has 160 valence electrons. The first-order chi connectivity index (χ1) is 14.3. The van der Waals surface area contributed by atoms with Gasteiger partial charge in [0.2, 0.25) is 10.0 Å². The average molecular weight is 514 g/mol. The number of halogens is 2. The highest BCUT2D eigenvalue weighted by atomic mass is 79.9. The summed E-state index contributed by atoms with van der Waals surface area (Å²) in [6.07, 6.45) is 0. The van der Waals surface area contributed by atoms with E-state index in [9.17, 15) is 13.2 Å². The fourth-order valence-electron chi connectivity index (χ4n) is 3.02. The van der Waals surface area contributed by atoms with Crippen LogP contribution in [0.2, 0.25) is 5.02 Å². The van der Waals surface area contributed by atoms with Gasteiger partial charge in [0.1, 0.15) is 0 Å². The van der Waals surface area contributed by atoms with Gasteiger partial charge in [-0.1, -0.05) is 39.7 Å². The van der Waals surface area contributed by atoms with E-state index in [0.29, 0.717) is 36.9 Å². The van der Waals surface area contributed by atoms with E-state index in [1.54, 1.807) is 43.3 Å². The van der Waals surface area contributed by atoms with E-state index in [1.165, 1.54) is 4.31 Å². The van der Waals surface area contributed by atoms with Crippen molar-refractivity contribution < 1.29 is 13.2 Å². The Hall–Kier alpha value is -1.78. The van der Waals surface area contributed by atoms with Crippen LogP contribution < -0.4 is 5.43 Å². The molecule has 1 fully saturated rings. The number of piperazine rings is 1. The van der Waals surface area contributed by atoms with Gasteiger partial charge in [-0.05, 0) is 48.9 Å². The van der Waals surface area contributed by atoms with E-state index < -0.39 is 10.0 Å². The van der Waals surface area contributed by atoms with Crippen molar-refractivity contribution in [1.29, 1.82) is 0 Å². The minimum absolute atomic E-state index is 0.156. The molecule has 1 aliphatic heterocycles. The third-order valence-corrected chi connectivity index (χ3v) is 7.45. The van der Waals surface area contributed by atoms with E-state index in [0.717, 1.165) is 10.0 Å². The number of hydrazone groups is 1. The van der Waals surface area contributed by atoms with Crippen molar-refractivity contribution >= 4 is 49.2 Å². The number of nitrogens with zero attached hydrogens (tertiary/aromatic N) is 3. The highest BCUT2D eigenvalue weighted by Gasteiger charge is 2.29. The molecule has 0 unspecified atom stereocenters. The van der Waals surface area contributed by atoms with Gasteiger partial charge in [0, 0.05) is 35.7 Å². The van der Waals surface area contributed by atoms with Crippen molar-refractivity contribution in [3.8, 4) is 0 Å². The number of sulfonamides is 1. The molecule has 1 amide bonds. The minimum atomic E-state index is -3.53. The quantitative estimate of drug-likeness (QED) is 0.476. The molecule has 1 aliphatic rings. The van der Waals surface area contributed by atoms with Crippen molar-refractivity contribution in [2.24, 2.45) is 5.10 Å². The molecule has 0 radical (unpaired) electrons. The van der Waals surface area contributed by atoms with Gasteiger partial charge in [-0.3, -0.25) is 9.69 Å². The van der Waals surface area contributed by atoms with Crippen LogP contribution in [-0.2, 0) is 14.8 Å². The van der Waals surface area contributed by atoms with Crippen LogP contribution in [0.15, 0.2) is 63.0 Å². The largest absolute Gasteiger partial charge is 0.292 e. The highest BCUT2D eigenvalue weighted by molar-refractivity contribution is 9.10. The van der Waals surface area contributed by atoms with Crippen LogP contribution in [-0.4, -0.2) is 62.0 Å². The van der Waals surface area contributed by atoms with E-state index in [2.05, 4.69) is 26.5 Å². The van der Waals surface area contributed by atoms with E-state index in [4.69, 9.17) is 11.6 Å². The molecule has 2 aromatic rings. The number of benzene rings is 2. The Kier molecular flexibility index (Phi) is 7.65. The van der Waals surface area contributed by atoms with Crippen molar-refractivity contribution in [3.63, 3.8) is 0 Å². The molecule has 3 rings (SSSR count). The summed E-state index contributed by atoms with van der Waals surface area (Å²) >= 11 is 9.18. The smallest absolute Gasteiger partial charge is 0.254 e. The van der Waals surface area contributed by atoms with Crippen LogP contribution in [0.5, 0.6) is 0 Å². The van der Waals surface area contributed by atoms with E-state index in [1.807, 2.05) is 17.0 Å². The zero-order valence-corrected chi connectivity index (χ0v) is 19.5. The Balaban J connectivity index is 1.50. The summed E-state index contributed by atoms with van der Waals surface area (Å²) in [5, 5.41) is 4.76. The molecule has 1 N–H and O–H groups in total. The van der Waals surface area contributed by atoms with Gasteiger partial charge in [0.15, 0.2) is 0 Å². The number of hydrogen-bond donors (Lipinski definition) is 1. The number of amides is 1. The van der Waals surface area contributed by atoms with Crippen LogP contribution in [0.25, 0.3) is 0 Å². The Morgan fingerprint density at radius 3 is 2.27 bits per heavy atom. The maximum atomic E-state index is 12.7. The van der Waals surface area contributed by atoms with Crippen LogP contribution in [0.1, 0.15) is 12.5 Å². The summed E-state index contributed by atoms with van der Waals surface area (Å²) in [5.74, 6) is -0.243. The lowest BCUT2D eigenvalue weighted by atomic mass is 10.1. The van der Waals surface area contributed by atoms with Gasteiger partial charge in [0.05, 0.1) is 17.2 Å². The summed E-state index contributed by atoms with van der Waals surface area (Å²) in [6, 6.07) is 13.8. The molecule has 0 bridgehead atoms. The zero-order chi connectivity index (χ0) is 21.7. The molecular formula is C20H22BrClN4O3S. The molecule has 1 saturated heterocycles. The second kappa shape index (κ2) is 10.0. The summed E-state index contributed by atoms with van der Waals surface area (Å²) in [5.41, 5.74) is 4.09. The van der Waals surface area contributed by atoms with Gasteiger partial charge >= 0.3 is 0 Å². The topological polar surface area (TPSA) is 82.1 Å². The monoisotopic (exact) mass is 512 g/mol. The Morgan fingerprint density at radius 2 is 1.67 bits per heavy atom. The standard InChI is InChI=1S/C20H22BrClN4O3S/c1-15(16-2-6-18(22)7-3-16)23-24-20(27)14-25-10-12-26(13-11-25)30(28,29)19-8-4-17(21)5-9-19/h2-9H,10-14H2,1H3,(H,24,27). The minimum Gasteiger partial charge on any atom is -0.292 e. The van der Waals surface area contributed by atoms with Gasteiger partial charge in [-0.15, -0.1) is 0 Å². The van der Waals surface area contributed by atoms with Crippen LogP contribution in [0, 0.1) is 0 Å². The fourth-order valence-corrected chi connectivity index (χ4v) is 4.84. The molecular weight excluding hydrogens is 492 g/mol. The number of rotatable bonds is 6. The predicted octanol–water partition coefficient (Wildman–Crippen LogP) is 2.95. The molecule has 0 atom stereocenters. The lowest BCUT2D eigenvalue weighted by Gasteiger charge is -2.33. The third-order valence-electron chi connectivity index (χ3n) is 4.76. The number of nitrogens with one attached hydrogen (secondary N) is 1. The SMILES string of the molecule is CC(=NNC(=O)CN1CCN(S(=O)(=O)c2ccc(Br)cc2)CC1)c1ccc(Cl)cc1. The van der Waals surface area contributed by atoms with Gasteiger partial charge in [-0.25, -0.2) is 13.8 Å². The van der Waals surface area contributed by atoms with Crippen LogP contribution in [0.4, 0.5) is 0 Å². The predicted molar refractivity (Wildman–Crippen MR) is 121 cm³/mol. The molecule has 0 spiro atoms. The van der Waals surface area contributed by atoms with Gasteiger partial charge in [-0.2, -0.15) is 9.41 Å². The Labute approximate surface area is 189 Å². The van der Waals surface area contributed by atoms with Crippen molar-refractivity contribution in [2.75, 3.05) is 32.7 Å². The highest BCUT2D eigenvalue weighted by Crippen LogP contribution is 2.20. The Bertz CT molecular complexity index is 1020. The van der Waals surface area contributed by atoms with Crippen molar-refractivity contribution in [3.05, 3.63) is 63.6 Å². The summed E-state index contributed by atoms with van der Waals surface area (Å²) in [6.45, 7) is 3.57. The Morgan fingerprint density at radius 1 is 1.07 bits per heavy atom. The normalized spacial score (nSPS) is 16.4. The molecule has 2 aromatic carbocycles. The van der Waals surface area contributed by atoms with E-state index in [-0.39, 0.29) is 17.3 Å². The van der Waals surface area contributed by atoms with Crippen molar-refractivity contribution in [1.82, 2.24) is 14.6 Å². The molecule has 0 saturated carbocycles. The third kappa shape index (κ3) is 5.89. The first-order valence-electron chi connectivity index (χ1n) is 9.33. The molecule has 1 heterocycles. The van der Waals surface area contributed by atoms with Crippen LogP contribution >= 0.6 is 27.5 Å². The second-order valence-electron chi connectivity index (χ2n) is 6.87. The number of hydrogen-bond acceptors (Lipinski definition) is 5. The fraction of sp³-hybridized carbons (Fsp3) is 0.300. The molecule has 0 aromatic heterocycles.